The second kappa shape index (κ2) is 10.0. The number of aromatic amines is 3. The lowest BCUT2D eigenvalue weighted by atomic mass is 10.2. The van der Waals surface area contributed by atoms with Gasteiger partial charge in [0.15, 0.2) is 5.52 Å². The first-order valence-corrected chi connectivity index (χ1v) is 9.67. The quantitative estimate of drug-likeness (QED) is 0.205. The van der Waals surface area contributed by atoms with Crippen LogP contribution in [0.1, 0.15) is 15.9 Å². The molecule has 0 fully saturated rings. The zero-order chi connectivity index (χ0) is 24.8. The number of nitrogens with zero attached hydrogens (tertiary/aromatic N) is 1. The number of carbonyl (C=O) groups excluding carboxylic acids is 1. The number of benzene rings is 2. The minimum atomic E-state index is -1.13. The third-order valence-electron chi connectivity index (χ3n) is 4.53. The third kappa shape index (κ3) is 5.40. The van der Waals surface area contributed by atoms with Gasteiger partial charge in [0.25, 0.3) is 11.5 Å². The Morgan fingerprint density at radius 3 is 2.18 bits per heavy atom. The summed E-state index contributed by atoms with van der Waals surface area (Å²) in [6.45, 7) is -0.558. The molecule has 0 saturated carbocycles. The predicted octanol–water partition coefficient (Wildman–Crippen LogP) is -0.333. The van der Waals surface area contributed by atoms with Crippen molar-refractivity contribution in [2.24, 2.45) is 0 Å². The van der Waals surface area contributed by atoms with Crippen LogP contribution in [0, 0.1) is 0 Å². The number of H-pyrrole nitrogens is 3. The van der Waals surface area contributed by atoms with Crippen molar-refractivity contribution in [1.29, 1.82) is 0 Å². The lowest BCUT2D eigenvalue weighted by molar-refractivity contribution is -0.135. The van der Waals surface area contributed by atoms with Crippen LogP contribution < -0.4 is 22.3 Å². The molecule has 0 aliphatic carbocycles. The molecule has 0 aliphatic heterocycles. The minimum absolute atomic E-state index is 0.00924. The number of amides is 1. The molecule has 1 amide bonds. The number of aromatic nitrogens is 4. The van der Waals surface area contributed by atoms with E-state index in [9.17, 15) is 34.2 Å². The molecular formula is C21H19N5O8. The van der Waals surface area contributed by atoms with E-state index in [1.165, 1.54) is 18.2 Å². The highest BCUT2D eigenvalue weighted by Gasteiger charge is 2.12. The number of carbonyl (C=O) groups is 2. The van der Waals surface area contributed by atoms with E-state index in [1.54, 1.807) is 30.3 Å². The molecule has 0 spiro atoms. The number of carboxylic acid groups (broad SMARTS) is 1. The van der Waals surface area contributed by atoms with E-state index >= 15 is 0 Å². The maximum Gasteiger partial charge on any atom is 0.330 e. The number of hydrogen-bond acceptors (Lipinski definition) is 7. The molecule has 2 heterocycles. The summed E-state index contributed by atoms with van der Waals surface area (Å²) in [4.78, 5) is 63.6. The van der Waals surface area contributed by atoms with E-state index in [2.05, 4.69) is 20.3 Å². The molecule has 7 N–H and O–H groups in total. The van der Waals surface area contributed by atoms with Crippen LogP contribution in [-0.4, -0.2) is 53.3 Å². The molecule has 0 bridgehead atoms. The van der Waals surface area contributed by atoms with E-state index < -0.39 is 35.4 Å². The Hall–Kier alpha value is -5.07. The number of carboxylic acids is 1. The number of phenols is 2. The molecule has 2 aromatic carbocycles. The zero-order valence-electron chi connectivity index (χ0n) is 17.4. The van der Waals surface area contributed by atoms with Gasteiger partial charge in [0, 0.05) is 5.56 Å². The minimum Gasteiger partial charge on any atom is -0.508 e. The average Bonchev–Trinajstić information content (AvgIpc) is 3.17. The van der Waals surface area contributed by atoms with Gasteiger partial charge < -0.3 is 20.6 Å². The second-order valence-electron chi connectivity index (χ2n) is 6.87. The van der Waals surface area contributed by atoms with Crippen LogP contribution in [-0.2, 0) is 11.3 Å². The van der Waals surface area contributed by atoms with Crippen LogP contribution in [0.4, 0.5) is 0 Å². The molecule has 0 atom stereocenters. The Morgan fingerprint density at radius 1 is 0.882 bits per heavy atom. The van der Waals surface area contributed by atoms with Gasteiger partial charge in [-0.2, -0.15) is 0 Å². The molecule has 34 heavy (non-hydrogen) atoms. The Bertz CT molecular complexity index is 1530. The molecule has 13 heteroatoms. The lowest BCUT2D eigenvalue weighted by Gasteiger charge is -2.06. The van der Waals surface area contributed by atoms with Gasteiger partial charge in [-0.15, -0.1) is 0 Å². The van der Waals surface area contributed by atoms with E-state index in [-0.39, 0.29) is 34.8 Å². The summed E-state index contributed by atoms with van der Waals surface area (Å²) in [7, 11) is 0. The fourth-order valence-corrected chi connectivity index (χ4v) is 2.91. The van der Waals surface area contributed by atoms with Gasteiger partial charge in [0.1, 0.15) is 23.7 Å². The summed E-state index contributed by atoms with van der Waals surface area (Å²) in [6.07, 6.45) is 0. The predicted molar refractivity (Wildman–Crippen MR) is 119 cm³/mol. The molecule has 0 saturated heterocycles. The maximum absolute atomic E-state index is 12.1. The van der Waals surface area contributed by atoms with Gasteiger partial charge in [-0.25, -0.2) is 9.59 Å². The highest BCUT2D eigenvalue weighted by Crippen LogP contribution is 2.16. The van der Waals surface area contributed by atoms with Crippen LogP contribution in [0.25, 0.3) is 11.2 Å². The molecule has 13 nitrogen and oxygen atoms in total. The van der Waals surface area contributed by atoms with Crippen LogP contribution in [0.15, 0.2) is 62.9 Å². The Kier molecular flexibility index (Phi) is 6.96. The van der Waals surface area contributed by atoms with Crippen molar-refractivity contribution in [3.8, 4) is 11.5 Å². The van der Waals surface area contributed by atoms with Gasteiger partial charge >= 0.3 is 17.3 Å². The van der Waals surface area contributed by atoms with Gasteiger partial charge in [-0.05, 0) is 18.2 Å². The largest absolute Gasteiger partial charge is 0.508 e. The van der Waals surface area contributed by atoms with Gasteiger partial charge in [-0.1, -0.05) is 30.3 Å². The second-order valence-corrected chi connectivity index (χ2v) is 6.87. The van der Waals surface area contributed by atoms with Crippen molar-refractivity contribution in [1.82, 2.24) is 24.8 Å². The fourth-order valence-electron chi connectivity index (χ4n) is 2.91. The number of para-hydroxylation sites is 2. The monoisotopic (exact) mass is 469 g/mol. The number of rotatable bonds is 5. The van der Waals surface area contributed by atoms with Crippen LogP contribution in [0.5, 0.6) is 11.5 Å². The van der Waals surface area contributed by atoms with E-state index in [0.29, 0.717) is 5.56 Å². The molecule has 0 unspecified atom stereocenters. The van der Waals surface area contributed by atoms with Crippen molar-refractivity contribution in [3.05, 3.63) is 91.0 Å². The standard InChI is InChI=1S/C12H10N4O4.C9H9NO4/c17-7-4-2-1-3-6(7)5-16-10(18)8-9(15-12(16)20)14-11(19)13-8;11-7-4-2-1-3-6(7)9(14)10-5-8(12)13/h1-4,17H,5H2,(H,15,20)(H2,13,14,19);1-4,11H,5H2,(H,10,14)(H,12,13). The number of phenolic OH excluding ortho intramolecular Hbond substituents is 2. The highest BCUT2D eigenvalue weighted by molar-refractivity contribution is 5.98. The van der Waals surface area contributed by atoms with Crippen molar-refractivity contribution in [2.75, 3.05) is 6.54 Å². The normalized spacial score (nSPS) is 10.4. The first kappa shape index (κ1) is 23.6. The first-order valence-electron chi connectivity index (χ1n) is 9.67. The molecule has 0 radical (unpaired) electrons. The van der Waals surface area contributed by atoms with Crippen LogP contribution in [0.3, 0.4) is 0 Å². The fraction of sp³-hybridized carbons (Fsp3) is 0.0952. The smallest absolute Gasteiger partial charge is 0.330 e. The summed E-state index contributed by atoms with van der Waals surface area (Å²) in [5, 5.41) is 29.4. The number of fused-ring (bicyclic) bond motifs is 1. The molecule has 176 valence electrons. The summed E-state index contributed by atoms with van der Waals surface area (Å²) in [5.41, 5.74) is -1.34. The van der Waals surface area contributed by atoms with Crippen molar-refractivity contribution in [3.63, 3.8) is 0 Å². The van der Waals surface area contributed by atoms with Crippen molar-refractivity contribution >= 4 is 23.0 Å². The molecule has 0 aliphatic rings. The van der Waals surface area contributed by atoms with Crippen LogP contribution >= 0.6 is 0 Å². The van der Waals surface area contributed by atoms with Crippen molar-refractivity contribution < 1.29 is 24.9 Å². The number of nitrogens with one attached hydrogen (secondary N) is 4. The number of imidazole rings is 1. The Labute approximate surface area is 189 Å². The van der Waals surface area contributed by atoms with Gasteiger partial charge in [-0.3, -0.25) is 33.9 Å². The topological polar surface area (TPSA) is 210 Å². The zero-order valence-corrected chi connectivity index (χ0v) is 17.4. The summed E-state index contributed by atoms with van der Waals surface area (Å²) in [6, 6.07) is 12.3. The van der Waals surface area contributed by atoms with E-state index in [0.717, 1.165) is 4.57 Å². The average molecular weight is 469 g/mol. The molecule has 2 aromatic heterocycles. The van der Waals surface area contributed by atoms with Gasteiger partial charge in [0.05, 0.1) is 12.1 Å². The summed E-state index contributed by atoms with van der Waals surface area (Å²) >= 11 is 0. The highest BCUT2D eigenvalue weighted by atomic mass is 16.4. The first-order chi connectivity index (χ1) is 16.2. The van der Waals surface area contributed by atoms with Crippen molar-refractivity contribution in [2.45, 2.75) is 6.54 Å². The number of aliphatic carboxylic acids is 1. The maximum atomic E-state index is 12.1. The van der Waals surface area contributed by atoms with E-state index in [1.807, 2.05) is 0 Å². The Balaban J connectivity index is 0.000000204. The molecule has 4 rings (SSSR count). The van der Waals surface area contributed by atoms with Gasteiger partial charge in [0.2, 0.25) is 0 Å². The number of aromatic hydroxyl groups is 2. The molecule has 4 aromatic rings. The third-order valence-corrected chi connectivity index (χ3v) is 4.53. The number of hydrogen-bond donors (Lipinski definition) is 7. The van der Waals surface area contributed by atoms with Crippen LogP contribution in [0.2, 0.25) is 0 Å². The summed E-state index contributed by atoms with van der Waals surface area (Å²) in [5.74, 6) is -1.92. The lowest BCUT2D eigenvalue weighted by Crippen LogP contribution is -2.35. The SMILES string of the molecule is O=C(O)CNC(=O)c1ccccc1O.O=c1[nH]c2[nH]c(=O)n(Cc3ccccc3O)c(=O)c2[nH]1. The molecular weight excluding hydrogens is 450 g/mol. The van der Waals surface area contributed by atoms with E-state index in [4.69, 9.17) is 5.11 Å². The summed E-state index contributed by atoms with van der Waals surface area (Å²) < 4.78 is 0.904. The Morgan fingerprint density at radius 2 is 1.53 bits per heavy atom.